The Hall–Kier alpha value is -2.93. The van der Waals surface area contributed by atoms with E-state index >= 15 is 0 Å². The standard InChI is InChI=1S/C20H24N6O/c1-25(2)10-14-11-26(19-7-8-21-13-23-19)12-18(14)24-20(27)16-4-3-5-17-15(16)6-9-22-17/h3-9,13-14,18,22H,10-12H2,1-2H3,(H,24,27)/t14-,18-/m1/s1. The third-order valence-electron chi connectivity index (χ3n) is 5.09. The number of hydrogen-bond donors (Lipinski definition) is 2. The molecule has 1 saturated heterocycles. The molecule has 2 atom stereocenters. The Labute approximate surface area is 158 Å². The SMILES string of the molecule is CN(C)C[C@@H]1CN(c2ccncn2)C[C@H]1NC(=O)c1cccc2[nH]ccc12. The van der Waals surface area contributed by atoms with Gasteiger partial charge >= 0.3 is 0 Å². The summed E-state index contributed by atoms with van der Waals surface area (Å²) in [4.78, 5) is 28.9. The first-order valence-corrected chi connectivity index (χ1v) is 9.14. The number of benzene rings is 1. The minimum Gasteiger partial charge on any atom is -0.361 e. The molecule has 140 valence electrons. The molecule has 0 aliphatic carbocycles. The number of amides is 1. The first kappa shape index (κ1) is 17.5. The van der Waals surface area contributed by atoms with Crippen molar-refractivity contribution in [2.24, 2.45) is 5.92 Å². The molecule has 1 aromatic carbocycles. The second kappa shape index (κ2) is 7.36. The van der Waals surface area contributed by atoms with Gasteiger partial charge in [0.1, 0.15) is 12.1 Å². The van der Waals surface area contributed by atoms with E-state index in [-0.39, 0.29) is 11.9 Å². The van der Waals surface area contributed by atoms with Crippen LogP contribution in [-0.2, 0) is 0 Å². The predicted octanol–water partition coefficient (Wildman–Crippen LogP) is 1.75. The first-order chi connectivity index (χ1) is 13.1. The van der Waals surface area contributed by atoms with Gasteiger partial charge in [-0.15, -0.1) is 0 Å². The maximum absolute atomic E-state index is 13.0. The van der Waals surface area contributed by atoms with Gasteiger partial charge in [0.2, 0.25) is 0 Å². The largest absolute Gasteiger partial charge is 0.361 e. The summed E-state index contributed by atoms with van der Waals surface area (Å²) in [5, 5.41) is 4.22. The minimum atomic E-state index is -0.0292. The van der Waals surface area contributed by atoms with Crippen molar-refractivity contribution in [3.05, 3.63) is 54.6 Å². The van der Waals surface area contributed by atoms with Crippen LogP contribution in [0.2, 0.25) is 0 Å². The molecule has 0 saturated carbocycles. The molecule has 27 heavy (non-hydrogen) atoms. The monoisotopic (exact) mass is 364 g/mol. The zero-order valence-corrected chi connectivity index (χ0v) is 15.6. The van der Waals surface area contributed by atoms with Crippen molar-refractivity contribution in [1.82, 2.24) is 25.2 Å². The summed E-state index contributed by atoms with van der Waals surface area (Å²) in [6, 6.07) is 9.69. The fraction of sp³-hybridized carbons (Fsp3) is 0.350. The summed E-state index contributed by atoms with van der Waals surface area (Å²) in [6.45, 7) is 2.50. The van der Waals surface area contributed by atoms with Gasteiger partial charge in [-0.25, -0.2) is 9.97 Å². The number of nitrogens with one attached hydrogen (secondary N) is 2. The van der Waals surface area contributed by atoms with Gasteiger partial charge in [0.15, 0.2) is 0 Å². The second-order valence-corrected chi connectivity index (χ2v) is 7.32. The Morgan fingerprint density at radius 3 is 2.96 bits per heavy atom. The topological polar surface area (TPSA) is 77.2 Å². The molecule has 7 nitrogen and oxygen atoms in total. The molecule has 0 bridgehead atoms. The van der Waals surface area contributed by atoms with Crippen molar-refractivity contribution in [2.75, 3.05) is 38.6 Å². The summed E-state index contributed by atoms with van der Waals surface area (Å²) in [5.74, 6) is 1.20. The number of hydrogen-bond acceptors (Lipinski definition) is 5. The van der Waals surface area contributed by atoms with Crippen LogP contribution in [0, 0.1) is 5.92 Å². The summed E-state index contributed by atoms with van der Waals surface area (Å²) in [5.41, 5.74) is 1.68. The number of H-pyrrole nitrogens is 1. The predicted molar refractivity (Wildman–Crippen MR) is 106 cm³/mol. The first-order valence-electron chi connectivity index (χ1n) is 9.14. The Morgan fingerprint density at radius 1 is 1.30 bits per heavy atom. The molecule has 0 spiro atoms. The van der Waals surface area contributed by atoms with Crippen LogP contribution < -0.4 is 10.2 Å². The van der Waals surface area contributed by atoms with Crippen molar-refractivity contribution >= 4 is 22.6 Å². The fourth-order valence-corrected chi connectivity index (χ4v) is 3.88. The highest BCUT2D eigenvalue weighted by atomic mass is 16.1. The highest BCUT2D eigenvalue weighted by molar-refractivity contribution is 6.06. The summed E-state index contributed by atoms with van der Waals surface area (Å²) >= 11 is 0. The lowest BCUT2D eigenvalue weighted by Gasteiger charge is -2.22. The van der Waals surface area contributed by atoms with Crippen molar-refractivity contribution in [2.45, 2.75) is 6.04 Å². The van der Waals surface area contributed by atoms with E-state index in [1.165, 1.54) is 0 Å². The van der Waals surface area contributed by atoms with Gasteiger partial charge < -0.3 is 20.1 Å². The Bertz CT molecular complexity index is 922. The van der Waals surface area contributed by atoms with Crippen molar-refractivity contribution in [3.63, 3.8) is 0 Å². The van der Waals surface area contributed by atoms with E-state index in [9.17, 15) is 4.79 Å². The zero-order valence-electron chi connectivity index (χ0n) is 15.6. The number of fused-ring (bicyclic) bond motifs is 1. The third-order valence-corrected chi connectivity index (χ3v) is 5.09. The highest BCUT2D eigenvalue weighted by Crippen LogP contribution is 2.24. The molecule has 1 aliphatic heterocycles. The van der Waals surface area contributed by atoms with Crippen LogP contribution in [0.25, 0.3) is 10.9 Å². The van der Waals surface area contributed by atoms with Crippen molar-refractivity contribution < 1.29 is 4.79 Å². The number of carbonyl (C=O) groups is 1. The van der Waals surface area contributed by atoms with Gasteiger partial charge in [0, 0.05) is 54.4 Å². The minimum absolute atomic E-state index is 0.0292. The lowest BCUT2D eigenvalue weighted by Crippen LogP contribution is -2.43. The lowest BCUT2D eigenvalue weighted by molar-refractivity contribution is 0.0929. The zero-order chi connectivity index (χ0) is 18.8. The molecule has 0 unspecified atom stereocenters. The summed E-state index contributed by atoms with van der Waals surface area (Å²) < 4.78 is 0. The molecule has 1 amide bonds. The molecule has 1 aliphatic rings. The molecule has 4 rings (SSSR count). The smallest absolute Gasteiger partial charge is 0.252 e. The van der Waals surface area contributed by atoms with E-state index in [4.69, 9.17) is 0 Å². The number of carbonyl (C=O) groups excluding carboxylic acids is 1. The fourth-order valence-electron chi connectivity index (χ4n) is 3.88. The molecule has 3 heterocycles. The van der Waals surface area contributed by atoms with Crippen LogP contribution in [0.5, 0.6) is 0 Å². The van der Waals surface area contributed by atoms with Crippen LogP contribution in [0.4, 0.5) is 5.82 Å². The Kier molecular flexibility index (Phi) is 4.77. The molecule has 0 radical (unpaired) electrons. The summed E-state index contributed by atoms with van der Waals surface area (Å²) in [7, 11) is 4.12. The number of aromatic amines is 1. The average molecular weight is 364 g/mol. The van der Waals surface area contributed by atoms with Gasteiger partial charge in [0.25, 0.3) is 5.91 Å². The molecular formula is C20H24N6O. The van der Waals surface area contributed by atoms with E-state index in [0.717, 1.165) is 36.4 Å². The van der Waals surface area contributed by atoms with Crippen LogP contribution in [-0.4, -0.2) is 65.5 Å². The molecule has 1 fully saturated rings. The second-order valence-electron chi connectivity index (χ2n) is 7.32. The number of rotatable bonds is 5. The van der Waals surface area contributed by atoms with Crippen LogP contribution in [0.1, 0.15) is 10.4 Å². The van der Waals surface area contributed by atoms with Crippen LogP contribution >= 0.6 is 0 Å². The number of nitrogens with zero attached hydrogens (tertiary/aromatic N) is 4. The normalized spacial score (nSPS) is 19.7. The highest BCUT2D eigenvalue weighted by Gasteiger charge is 2.35. The third kappa shape index (κ3) is 3.64. The molecular weight excluding hydrogens is 340 g/mol. The van der Waals surface area contributed by atoms with Gasteiger partial charge in [0.05, 0.1) is 6.04 Å². The molecule has 3 aromatic rings. The van der Waals surface area contributed by atoms with Gasteiger partial charge in [-0.1, -0.05) is 6.07 Å². The van der Waals surface area contributed by atoms with E-state index in [0.29, 0.717) is 11.5 Å². The summed E-state index contributed by atoms with van der Waals surface area (Å²) in [6.07, 6.45) is 5.18. The van der Waals surface area contributed by atoms with Crippen LogP contribution in [0.3, 0.4) is 0 Å². The maximum Gasteiger partial charge on any atom is 0.252 e. The van der Waals surface area contributed by atoms with E-state index in [1.807, 2.05) is 36.5 Å². The lowest BCUT2D eigenvalue weighted by atomic mass is 10.0. The van der Waals surface area contributed by atoms with Crippen molar-refractivity contribution in [3.8, 4) is 0 Å². The molecule has 2 N–H and O–H groups in total. The molecule has 7 heteroatoms. The van der Waals surface area contributed by atoms with E-state index < -0.39 is 0 Å². The number of anilines is 1. The van der Waals surface area contributed by atoms with E-state index in [1.54, 1.807) is 12.5 Å². The van der Waals surface area contributed by atoms with E-state index in [2.05, 4.69) is 44.2 Å². The molecule has 2 aromatic heterocycles. The van der Waals surface area contributed by atoms with Gasteiger partial charge in [-0.05, 0) is 38.4 Å². The number of aromatic nitrogens is 3. The van der Waals surface area contributed by atoms with Gasteiger partial charge in [-0.2, -0.15) is 0 Å². The Morgan fingerprint density at radius 2 is 2.19 bits per heavy atom. The quantitative estimate of drug-likeness (QED) is 0.721. The van der Waals surface area contributed by atoms with Gasteiger partial charge in [-0.3, -0.25) is 4.79 Å². The Balaban J connectivity index is 1.55. The average Bonchev–Trinajstić information content (AvgIpc) is 3.29. The van der Waals surface area contributed by atoms with Crippen LogP contribution in [0.15, 0.2) is 49.1 Å². The van der Waals surface area contributed by atoms with Crippen molar-refractivity contribution in [1.29, 1.82) is 0 Å². The maximum atomic E-state index is 13.0.